The zero-order chi connectivity index (χ0) is 13.7. The summed E-state index contributed by atoms with van der Waals surface area (Å²) in [6, 6.07) is 8.55. The molecule has 1 aromatic carbocycles. The van der Waals surface area contributed by atoms with Crippen LogP contribution in [0.3, 0.4) is 0 Å². The van der Waals surface area contributed by atoms with Gasteiger partial charge in [-0.2, -0.15) is 0 Å². The molecule has 1 heterocycles. The van der Waals surface area contributed by atoms with Crippen molar-refractivity contribution in [3.05, 3.63) is 29.8 Å². The molecule has 0 saturated carbocycles. The third-order valence-corrected chi connectivity index (χ3v) is 3.91. The highest BCUT2D eigenvalue weighted by Gasteiger charge is 2.14. The van der Waals surface area contributed by atoms with Crippen LogP contribution in [0.4, 0.5) is 0 Å². The molecule has 0 unspecified atom stereocenters. The first-order valence-electron chi connectivity index (χ1n) is 7.50. The lowest BCUT2D eigenvalue weighted by molar-refractivity contribution is 0.254. The second-order valence-electron chi connectivity index (χ2n) is 6.62. The number of piperidine rings is 1. The molecule has 2 heteroatoms. The zero-order valence-electron chi connectivity index (χ0n) is 12.5. The Bertz CT molecular complexity index is 371. The number of rotatable bonds is 4. The standard InChI is InChI=1S/C17H27NO/c1-17(2,3)15-6-8-16(9-7-15)19-12-10-14-5-4-11-18-13-14/h6-9,14,18H,4-5,10-13H2,1-3H3/t14-/m1/s1. The van der Waals surface area contributed by atoms with Crippen LogP contribution in [0.25, 0.3) is 0 Å². The van der Waals surface area contributed by atoms with Gasteiger partial charge in [-0.15, -0.1) is 0 Å². The van der Waals surface area contributed by atoms with Crippen LogP contribution < -0.4 is 10.1 Å². The minimum absolute atomic E-state index is 0.215. The van der Waals surface area contributed by atoms with Gasteiger partial charge in [-0.25, -0.2) is 0 Å². The average Bonchev–Trinajstić information content (AvgIpc) is 2.39. The number of hydrogen-bond donors (Lipinski definition) is 1. The van der Waals surface area contributed by atoms with Crippen LogP contribution >= 0.6 is 0 Å². The van der Waals surface area contributed by atoms with Crippen LogP contribution in [-0.2, 0) is 5.41 Å². The topological polar surface area (TPSA) is 21.3 Å². The van der Waals surface area contributed by atoms with Crippen molar-refractivity contribution in [3.63, 3.8) is 0 Å². The summed E-state index contributed by atoms with van der Waals surface area (Å²) in [6.07, 6.45) is 3.82. The van der Waals surface area contributed by atoms with Gasteiger partial charge in [0.05, 0.1) is 6.61 Å². The smallest absolute Gasteiger partial charge is 0.119 e. The molecule has 0 amide bonds. The molecule has 1 saturated heterocycles. The second kappa shape index (κ2) is 6.42. The van der Waals surface area contributed by atoms with E-state index in [2.05, 4.69) is 50.4 Å². The summed E-state index contributed by atoms with van der Waals surface area (Å²) in [5.41, 5.74) is 1.57. The molecule has 0 spiro atoms. The summed E-state index contributed by atoms with van der Waals surface area (Å²) < 4.78 is 5.85. The Balaban J connectivity index is 1.76. The molecule has 1 aliphatic heterocycles. The Morgan fingerprint density at radius 3 is 2.53 bits per heavy atom. The molecule has 1 aliphatic rings. The quantitative estimate of drug-likeness (QED) is 0.891. The van der Waals surface area contributed by atoms with Gasteiger partial charge in [0, 0.05) is 0 Å². The van der Waals surface area contributed by atoms with Crippen molar-refractivity contribution in [2.24, 2.45) is 5.92 Å². The summed E-state index contributed by atoms with van der Waals surface area (Å²) in [6.45, 7) is 9.88. The fourth-order valence-electron chi connectivity index (χ4n) is 2.56. The average molecular weight is 261 g/mol. The third kappa shape index (κ3) is 4.54. The van der Waals surface area contributed by atoms with E-state index in [4.69, 9.17) is 4.74 Å². The zero-order valence-corrected chi connectivity index (χ0v) is 12.5. The minimum Gasteiger partial charge on any atom is -0.494 e. The van der Waals surface area contributed by atoms with Crippen molar-refractivity contribution in [2.75, 3.05) is 19.7 Å². The van der Waals surface area contributed by atoms with Crippen LogP contribution in [0, 0.1) is 5.92 Å². The van der Waals surface area contributed by atoms with Crippen molar-refractivity contribution >= 4 is 0 Å². The monoisotopic (exact) mass is 261 g/mol. The first-order valence-corrected chi connectivity index (χ1v) is 7.50. The Morgan fingerprint density at radius 2 is 1.95 bits per heavy atom. The van der Waals surface area contributed by atoms with Gasteiger partial charge in [-0.3, -0.25) is 0 Å². The van der Waals surface area contributed by atoms with Crippen molar-refractivity contribution in [2.45, 2.75) is 45.4 Å². The number of benzene rings is 1. The van der Waals surface area contributed by atoms with Crippen molar-refractivity contribution in [3.8, 4) is 5.75 Å². The van der Waals surface area contributed by atoms with E-state index in [1.54, 1.807) is 0 Å². The fraction of sp³-hybridized carbons (Fsp3) is 0.647. The molecule has 106 valence electrons. The summed E-state index contributed by atoms with van der Waals surface area (Å²) in [5.74, 6) is 1.79. The van der Waals surface area contributed by atoms with Gasteiger partial charge in [0.25, 0.3) is 0 Å². The largest absolute Gasteiger partial charge is 0.494 e. The van der Waals surface area contributed by atoms with Gasteiger partial charge >= 0.3 is 0 Å². The van der Waals surface area contributed by atoms with E-state index >= 15 is 0 Å². The van der Waals surface area contributed by atoms with E-state index < -0.39 is 0 Å². The molecule has 2 nitrogen and oxygen atoms in total. The Morgan fingerprint density at radius 1 is 1.21 bits per heavy atom. The van der Waals surface area contributed by atoms with Crippen LogP contribution in [0.5, 0.6) is 5.75 Å². The summed E-state index contributed by atoms with van der Waals surface area (Å²) in [4.78, 5) is 0. The lowest BCUT2D eigenvalue weighted by Gasteiger charge is -2.22. The SMILES string of the molecule is CC(C)(C)c1ccc(OCC[C@H]2CCCNC2)cc1. The molecule has 2 rings (SSSR count). The number of nitrogens with one attached hydrogen (secondary N) is 1. The molecular formula is C17H27NO. The van der Waals surface area contributed by atoms with Crippen LogP contribution in [0.15, 0.2) is 24.3 Å². The first-order chi connectivity index (χ1) is 9.05. The number of hydrogen-bond acceptors (Lipinski definition) is 2. The highest BCUT2D eigenvalue weighted by atomic mass is 16.5. The number of ether oxygens (including phenoxy) is 1. The highest BCUT2D eigenvalue weighted by Crippen LogP contribution is 2.24. The van der Waals surface area contributed by atoms with E-state index in [1.165, 1.54) is 24.9 Å². The summed E-state index contributed by atoms with van der Waals surface area (Å²) in [5, 5.41) is 3.45. The van der Waals surface area contributed by atoms with E-state index in [-0.39, 0.29) is 5.41 Å². The van der Waals surface area contributed by atoms with E-state index in [9.17, 15) is 0 Å². The lowest BCUT2D eigenvalue weighted by Crippen LogP contribution is -2.30. The predicted molar refractivity (Wildman–Crippen MR) is 80.8 cm³/mol. The Kier molecular flexibility index (Phi) is 4.87. The maximum atomic E-state index is 5.85. The first kappa shape index (κ1) is 14.4. The van der Waals surface area contributed by atoms with Gasteiger partial charge in [0.1, 0.15) is 5.75 Å². The van der Waals surface area contributed by atoms with Crippen LogP contribution in [0.2, 0.25) is 0 Å². The minimum atomic E-state index is 0.215. The molecule has 1 fully saturated rings. The lowest BCUT2D eigenvalue weighted by atomic mass is 9.87. The van der Waals surface area contributed by atoms with Gasteiger partial charge in [0.15, 0.2) is 0 Å². The Labute approximate surface area is 117 Å². The van der Waals surface area contributed by atoms with Gasteiger partial charge in [0.2, 0.25) is 0 Å². The molecule has 1 atom stereocenters. The predicted octanol–water partition coefficient (Wildman–Crippen LogP) is 3.75. The van der Waals surface area contributed by atoms with E-state index in [1.807, 2.05) is 0 Å². The molecule has 0 aliphatic carbocycles. The summed E-state index contributed by atoms with van der Waals surface area (Å²) in [7, 11) is 0. The van der Waals surface area contributed by atoms with Gasteiger partial charge in [-0.05, 0) is 61.4 Å². The third-order valence-electron chi connectivity index (χ3n) is 3.91. The van der Waals surface area contributed by atoms with Crippen molar-refractivity contribution in [1.29, 1.82) is 0 Å². The van der Waals surface area contributed by atoms with Gasteiger partial charge in [-0.1, -0.05) is 32.9 Å². The van der Waals surface area contributed by atoms with Crippen molar-refractivity contribution < 1.29 is 4.74 Å². The normalized spacial score (nSPS) is 20.3. The van der Waals surface area contributed by atoms with Gasteiger partial charge < -0.3 is 10.1 Å². The fourth-order valence-corrected chi connectivity index (χ4v) is 2.56. The summed E-state index contributed by atoms with van der Waals surface area (Å²) >= 11 is 0. The molecule has 0 radical (unpaired) electrons. The van der Waals surface area contributed by atoms with Crippen LogP contribution in [-0.4, -0.2) is 19.7 Å². The maximum Gasteiger partial charge on any atom is 0.119 e. The molecule has 1 N–H and O–H groups in total. The van der Waals surface area contributed by atoms with E-state index in [0.29, 0.717) is 0 Å². The van der Waals surface area contributed by atoms with Crippen molar-refractivity contribution in [1.82, 2.24) is 5.32 Å². The van der Waals surface area contributed by atoms with E-state index in [0.717, 1.165) is 31.2 Å². The maximum absolute atomic E-state index is 5.85. The highest BCUT2D eigenvalue weighted by molar-refractivity contribution is 5.31. The molecule has 1 aromatic rings. The molecule has 0 bridgehead atoms. The second-order valence-corrected chi connectivity index (χ2v) is 6.62. The molecule has 0 aromatic heterocycles. The van der Waals surface area contributed by atoms with Crippen LogP contribution in [0.1, 0.15) is 45.6 Å². The molecule has 19 heavy (non-hydrogen) atoms. The Hall–Kier alpha value is -1.02. The molecular weight excluding hydrogens is 234 g/mol.